The molecule has 0 saturated carbocycles. The molecule has 0 aliphatic carbocycles. The molecule has 0 amide bonds. The summed E-state index contributed by atoms with van der Waals surface area (Å²) in [6.45, 7) is 6.58. The molecule has 0 fully saturated rings. The summed E-state index contributed by atoms with van der Waals surface area (Å²) in [5, 5.41) is 8.89. The van der Waals surface area contributed by atoms with Crippen LogP contribution in [0.4, 0.5) is 0 Å². The van der Waals surface area contributed by atoms with Crippen molar-refractivity contribution in [1.82, 2.24) is 0 Å². The van der Waals surface area contributed by atoms with Crippen LogP contribution in [0.2, 0.25) is 0 Å². The average Bonchev–Trinajstić information content (AvgIpc) is 2.00. The van der Waals surface area contributed by atoms with Crippen LogP contribution in [0.1, 0.15) is 20.3 Å². The summed E-state index contributed by atoms with van der Waals surface area (Å²) in [6, 6.07) is 0. The van der Waals surface area contributed by atoms with E-state index in [9.17, 15) is 4.79 Å². The van der Waals surface area contributed by atoms with E-state index >= 15 is 0 Å². The zero-order valence-electron chi connectivity index (χ0n) is 7.41. The number of esters is 1. The summed E-state index contributed by atoms with van der Waals surface area (Å²) in [6.07, 6.45) is 2.82. The maximum Gasteiger partial charge on any atom is 0.335 e. The molecule has 0 aromatic heterocycles. The fourth-order valence-electron chi connectivity index (χ4n) is 0.579. The highest BCUT2D eigenvalue weighted by atomic mass is 16.5. The Labute approximate surface area is 72.3 Å². The van der Waals surface area contributed by atoms with E-state index in [1.165, 1.54) is 0 Å². The van der Waals surface area contributed by atoms with Gasteiger partial charge in [-0.05, 0) is 26.3 Å². The molecule has 1 atom stereocenters. The normalized spacial score (nSPS) is 13.8. The van der Waals surface area contributed by atoms with Gasteiger partial charge in [0.15, 0.2) is 0 Å². The largest absolute Gasteiger partial charge is 0.429 e. The summed E-state index contributed by atoms with van der Waals surface area (Å²) in [7, 11) is 0. The van der Waals surface area contributed by atoms with Crippen LogP contribution in [0.15, 0.2) is 24.5 Å². The lowest BCUT2D eigenvalue weighted by Crippen LogP contribution is -2.00. The molecular formula is C9H14O3. The van der Waals surface area contributed by atoms with Crippen LogP contribution in [0.5, 0.6) is 0 Å². The van der Waals surface area contributed by atoms with Gasteiger partial charge in [0.2, 0.25) is 0 Å². The SMILES string of the molecule is C=CC(=O)OC(C)=CCC(C)O. The quantitative estimate of drug-likeness (QED) is 0.394. The molecule has 3 nitrogen and oxygen atoms in total. The molecule has 1 unspecified atom stereocenters. The van der Waals surface area contributed by atoms with Crippen molar-refractivity contribution >= 4 is 5.97 Å². The van der Waals surface area contributed by atoms with Crippen molar-refractivity contribution < 1.29 is 14.6 Å². The number of ether oxygens (including phenoxy) is 1. The Morgan fingerprint density at radius 3 is 2.75 bits per heavy atom. The van der Waals surface area contributed by atoms with Gasteiger partial charge >= 0.3 is 5.97 Å². The molecule has 0 radical (unpaired) electrons. The van der Waals surface area contributed by atoms with Gasteiger partial charge in [-0.15, -0.1) is 0 Å². The number of rotatable bonds is 4. The minimum atomic E-state index is -0.477. The average molecular weight is 170 g/mol. The number of aliphatic hydroxyl groups is 1. The first-order valence-electron chi connectivity index (χ1n) is 3.75. The topological polar surface area (TPSA) is 46.5 Å². The minimum Gasteiger partial charge on any atom is -0.429 e. The Morgan fingerprint density at radius 2 is 2.33 bits per heavy atom. The lowest BCUT2D eigenvalue weighted by molar-refractivity contribution is -0.133. The highest BCUT2D eigenvalue weighted by Crippen LogP contribution is 2.01. The number of carbonyl (C=O) groups excluding carboxylic acids is 1. The van der Waals surface area contributed by atoms with E-state index in [4.69, 9.17) is 9.84 Å². The van der Waals surface area contributed by atoms with E-state index in [0.717, 1.165) is 6.08 Å². The second-order valence-corrected chi connectivity index (χ2v) is 2.52. The van der Waals surface area contributed by atoms with Crippen LogP contribution in [-0.4, -0.2) is 17.2 Å². The van der Waals surface area contributed by atoms with E-state index < -0.39 is 12.1 Å². The summed E-state index contributed by atoms with van der Waals surface area (Å²) < 4.78 is 4.74. The Kier molecular flexibility index (Phi) is 5.04. The first-order chi connectivity index (χ1) is 5.56. The van der Waals surface area contributed by atoms with Crippen molar-refractivity contribution in [3.05, 3.63) is 24.5 Å². The Morgan fingerprint density at radius 1 is 1.75 bits per heavy atom. The van der Waals surface area contributed by atoms with Gasteiger partial charge in [-0.3, -0.25) is 0 Å². The van der Waals surface area contributed by atoms with Crippen LogP contribution in [-0.2, 0) is 9.53 Å². The van der Waals surface area contributed by atoms with Crippen LogP contribution in [0, 0.1) is 0 Å². The second kappa shape index (κ2) is 5.55. The van der Waals surface area contributed by atoms with Crippen molar-refractivity contribution in [3.8, 4) is 0 Å². The third kappa shape index (κ3) is 5.68. The van der Waals surface area contributed by atoms with Gasteiger partial charge in [0.25, 0.3) is 0 Å². The van der Waals surface area contributed by atoms with E-state index in [0.29, 0.717) is 12.2 Å². The second-order valence-electron chi connectivity index (χ2n) is 2.52. The molecule has 0 bridgehead atoms. The lowest BCUT2D eigenvalue weighted by atomic mass is 10.2. The van der Waals surface area contributed by atoms with Crippen LogP contribution in [0.3, 0.4) is 0 Å². The maximum atomic E-state index is 10.6. The molecule has 0 aliphatic heterocycles. The fraction of sp³-hybridized carbons (Fsp3) is 0.444. The van der Waals surface area contributed by atoms with Gasteiger partial charge in [-0.2, -0.15) is 0 Å². The number of allylic oxidation sites excluding steroid dienone is 1. The molecule has 68 valence electrons. The molecule has 12 heavy (non-hydrogen) atoms. The summed E-state index contributed by atoms with van der Waals surface area (Å²) in [5.74, 6) is 0.00939. The van der Waals surface area contributed by atoms with Gasteiger partial charge in [-0.1, -0.05) is 6.58 Å². The molecular weight excluding hydrogens is 156 g/mol. The predicted molar refractivity (Wildman–Crippen MR) is 46.3 cm³/mol. The van der Waals surface area contributed by atoms with Crippen molar-refractivity contribution in [1.29, 1.82) is 0 Å². The van der Waals surface area contributed by atoms with Crippen LogP contribution >= 0.6 is 0 Å². The zero-order chi connectivity index (χ0) is 9.56. The molecule has 0 rings (SSSR count). The third-order valence-electron chi connectivity index (χ3n) is 1.17. The summed E-state index contributed by atoms with van der Waals surface area (Å²) in [5.41, 5.74) is 0. The standard InChI is InChI=1S/C9H14O3/c1-4-9(11)12-8(3)6-5-7(2)10/h4,6-7,10H,1,5H2,2-3H3. The monoisotopic (exact) mass is 170 g/mol. The minimum absolute atomic E-state index is 0.414. The lowest BCUT2D eigenvalue weighted by Gasteiger charge is -2.02. The van der Waals surface area contributed by atoms with Gasteiger partial charge in [0.05, 0.1) is 6.10 Å². The molecule has 0 heterocycles. The summed E-state index contributed by atoms with van der Waals surface area (Å²) >= 11 is 0. The molecule has 0 saturated heterocycles. The van der Waals surface area contributed by atoms with Crippen molar-refractivity contribution in [2.24, 2.45) is 0 Å². The van der Waals surface area contributed by atoms with Gasteiger partial charge in [0.1, 0.15) is 5.76 Å². The molecule has 1 N–H and O–H groups in total. The van der Waals surface area contributed by atoms with E-state index in [1.807, 2.05) is 0 Å². The van der Waals surface area contributed by atoms with Crippen LogP contribution in [0.25, 0.3) is 0 Å². The molecule has 0 aromatic carbocycles. The number of hydrogen-bond acceptors (Lipinski definition) is 3. The van der Waals surface area contributed by atoms with Crippen molar-refractivity contribution in [3.63, 3.8) is 0 Å². The molecule has 0 aliphatic rings. The van der Waals surface area contributed by atoms with Gasteiger partial charge in [0, 0.05) is 6.08 Å². The Hall–Kier alpha value is -1.09. The number of aliphatic hydroxyl groups excluding tert-OH is 1. The van der Waals surface area contributed by atoms with E-state index in [2.05, 4.69) is 6.58 Å². The first-order valence-corrected chi connectivity index (χ1v) is 3.75. The van der Waals surface area contributed by atoms with Crippen molar-refractivity contribution in [2.75, 3.05) is 0 Å². The van der Waals surface area contributed by atoms with E-state index in [1.54, 1.807) is 19.9 Å². The first kappa shape index (κ1) is 10.9. The highest BCUT2D eigenvalue weighted by Gasteiger charge is 1.97. The zero-order valence-corrected chi connectivity index (χ0v) is 7.41. The molecule has 3 heteroatoms. The van der Waals surface area contributed by atoms with E-state index in [-0.39, 0.29) is 0 Å². The third-order valence-corrected chi connectivity index (χ3v) is 1.17. The van der Waals surface area contributed by atoms with Crippen molar-refractivity contribution in [2.45, 2.75) is 26.4 Å². The Bertz CT molecular complexity index is 192. The highest BCUT2D eigenvalue weighted by molar-refractivity contribution is 5.82. The number of hydrogen-bond donors (Lipinski definition) is 1. The fourth-order valence-corrected chi connectivity index (χ4v) is 0.579. The summed E-state index contributed by atoms with van der Waals surface area (Å²) in [4.78, 5) is 10.6. The van der Waals surface area contributed by atoms with Gasteiger partial charge in [-0.25, -0.2) is 4.79 Å². The smallest absolute Gasteiger partial charge is 0.335 e. The molecule has 0 aromatic rings. The molecule has 0 spiro atoms. The van der Waals surface area contributed by atoms with Gasteiger partial charge < -0.3 is 9.84 Å². The predicted octanol–water partition coefficient (Wildman–Crippen LogP) is 1.39. The number of carbonyl (C=O) groups is 1. The van der Waals surface area contributed by atoms with Crippen LogP contribution < -0.4 is 0 Å². The Balaban J connectivity index is 3.85. The maximum absolute atomic E-state index is 10.6.